The minimum absolute atomic E-state index is 0.141. The Morgan fingerprint density at radius 2 is 1.88 bits per heavy atom. The van der Waals surface area contributed by atoms with Crippen molar-refractivity contribution in [2.24, 2.45) is 0 Å². The van der Waals surface area contributed by atoms with E-state index in [2.05, 4.69) is 19.2 Å². The molecule has 0 aliphatic carbocycles. The first-order chi connectivity index (χ1) is 11.8. The molecule has 0 aliphatic heterocycles. The van der Waals surface area contributed by atoms with Crippen molar-refractivity contribution >= 4 is 29.2 Å². The fourth-order valence-electron chi connectivity index (χ4n) is 3.10. The summed E-state index contributed by atoms with van der Waals surface area (Å²) < 4.78 is 5.66. The number of nitrogens with zero attached hydrogens (tertiary/aromatic N) is 1. The predicted octanol–water partition coefficient (Wildman–Crippen LogP) is 4.19. The highest BCUT2D eigenvalue weighted by atomic mass is 35.5. The minimum Gasteiger partial charge on any atom is -0.462 e. The molecule has 1 amide bonds. The monoisotopic (exact) mass is 368 g/mol. The number of quaternary nitrogens is 1. The Morgan fingerprint density at radius 3 is 2.36 bits per heavy atom. The van der Waals surface area contributed by atoms with Gasteiger partial charge in [-0.15, -0.1) is 13.5 Å². The van der Waals surface area contributed by atoms with Crippen LogP contribution in [0.1, 0.15) is 50.5 Å². The zero-order valence-electron chi connectivity index (χ0n) is 16.0. The second kappa shape index (κ2) is 9.20. The second-order valence-corrected chi connectivity index (χ2v) is 6.46. The lowest BCUT2D eigenvalue weighted by Gasteiger charge is -2.49. The van der Waals surface area contributed by atoms with Gasteiger partial charge in [-0.05, 0) is 52.3 Å². The van der Waals surface area contributed by atoms with E-state index in [0.717, 1.165) is 18.7 Å². The van der Waals surface area contributed by atoms with Crippen LogP contribution in [0.5, 0.6) is 0 Å². The Kier molecular flexibility index (Phi) is 7.90. The van der Waals surface area contributed by atoms with E-state index < -0.39 is 5.97 Å². The van der Waals surface area contributed by atoms with Crippen molar-refractivity contribution in [3.05, 3.63) is 34.8 Å². The number of anilines is 1. The largest absolute Gasteiger partial charge is 0.462 e. The van der Waals surface area contributed by atoms with Gasteiger partial charge in [0, 0.05) is 5.02 Å². The number of nitrogens with one attached hydrogen (secondary N) is 1. The van der Waals surface area contributed by atoms with Crippen molar-refractivity contribution in [1.82, 2.24) is 0 Å². The summed E-state index contributed by atoms with van der Waals surface area (Å²) in [5, 5.41) is 3.35. The van der Waals surface area contributed by atoms with E-state index in [9.17, 15) is 9.59 Å². The van der Waals surface area contributed by atoms with Gasteiger partial charge in [-0.1, -0.05) is 11.6 Å². The number of hydrogen-bond donors (Lipinski definition) is 1. The summed E-state index contributed by atoms with van der Waals surface area (Å²) in [6, 6.07) is 2.96. The molecule has 1 aromatic rings. The topological polar surface area (TPSA) is 55.4 Å². The van der Waals surface area contributed by atoms with Crippen LogP contribution in [0.25, 0.3) is 0 Å². The molecule has 1 unspecified atom stereocenters. The van der Waals surface area contributed by atoms with Crippen LogP contribution in [0, 0.1) is 13.5 Å². The van der Waals surface area contributed by atoms with Gasteiger partial charge in [0.1, 0.15) is 6.04 Å². The fraction of sp³-hybridized carbons (Fsp3) is 0.526. The van der Waals surface area contributed by atoms with Crippen LogP contribution in [0.15, 0.2) is 12.1 Å². The van der Waals surface area contributed by atoms with E-state index >= 15 is 0 Å². The lowest BCUT2D eigenvalue weighted by atomic mass is 10.1. The van der Waals surface area contributed by atoms with Gasteiger partial charge in [-0.2, -0.15) is 0 Å². The number of rotatable bonds is 8. The number of aryl methyl sites for hydroxylation is 1. The molecule has 0 saturated heterocycles. The van der Waals surface area contributed by atoms with Gasteiger partial charge in [0.25, 0.3) is 5.91 Å². The van der Waals surface area contributed by atoms with Crippen LogP contribution in [-0.4, -0.2) is 42.1 Å². The molecule has 0 spiro atoms. The first kappa shape index (κ1) is 21.5. The van der Waals surface area contributed by atoms with Crippen LogP contribution >= 0.6 is 11.6 Å². The number of hydrogen-bond acceptors (Lipinski definition) is 3. The molecule has 1 aromatic carbocycles. The van der Waals surface area contributed by atoms with Gasteiger partial charge < -0.3 is 14.5 Å². The zero-order chi connectivity index (χ0) is 19.2. The zero-order valence-corrected chi connectivity index (χ0v) is 16.7. The molecule has 0 bridgehead atoms. The van der Waals surface area contributed by atoms with E-state index in [1.165, 1.54) is 6.07 Å². The van der Waals surface area contributed by atoms with Crippen molar-refractivity contribution in [1.29, 1.82) is 0 Å². The molecule has 0 radical (unpaired) electrons. The van der Waals surface area contributed by atoms with Crippen molar-refractivity contribution in [3.63, 3.8) is 0 Å². The van der Waals surface area contributed by atoms with Gasteiger partial charge >= 0.3 is 5.97 Å². The molecule has 0 heterocycles. The third kappa shape index (κ3) is 4.73. The molecular formula is C19H29ClN2O3. The van der Waals surface area contributed by atoms with Gasteiger partial charge in [0.05, 0.1) is 30.9 Å². The molecule has 0 saturated carbocycles. The summed E-state index contributed by atoms with van der Waals surface area (Å²) in [6.45, 7) is 15.5. The highest BCUT2D eigenvalue weighted by molar-refractivity contribution is 6.31. The lowest BCUT2D eigenvalue weighted by molar-refractivity contribution is -0.909. The van der Waals surface area contributed by atoms with Crippen LogP contribution in [0.2, 0.25) is 5.02 Å². The third-order valence-corrected chi connectivity index (χ3v) is 5.10. The van der Waals surface area contributed by atoms with Crippen LogP contribution in [-0.2, 0) is 9.53 Å². The average Bonchev–Trinajstić information content (AvgIpc) is 2.58. The number of halogens is 1. The van der Waals surface area contributed by atoms with E-state index in [-0.39, 0.29) is 24.1 Å². The normalized spacial score (nSPS) is 12.6. The molecule has 5 nitrogen and oxygen atoms in total. The summed E-state index contributed by atoms with van der Waals surface area (Å²) >= 11 is 6.08. The molecule has 0 aliphatic rings. The molecular weight excluding hydrogens is 340 g/mol. The maximum Gasteiger partial charge on any atom is 0.340 e. The van der Waals surface area contributed by atoms with E-state index in [1.54, 1.807) is 13.0 Å². The fourth-order valence-corrected chi connectivity index (χ4v) is 3.37. The third-order valence-electron chi connectivity index (χ3n) is 4.89. The first-order valence-corrected chi connectivity index (χ1v) is 9.09. The summed E-state index contributed by atoms with van der Waals surface area (Å²) in [5.41, 5.74) is 1.46. The molecule has 1 N–H and O–H groups in total. The van der Waals surface area contributed by atoms with Crippen molar-refractivity contribution in [3.8, 4) is 0 Å². The molecule has 0 aromatic heterocycles. The number of ether oxygens (including phenoxy) is 1. The second-order valence-electron chi connectivity index (χ2n) is 6.02. The van der Waals surface area contributed by atoms with Gasteiger partial charge in [0.2, 0.25) is 0 Å². The maximum absolute atomic E-state index is 12.9. The average molecular weight is 369 g/mol. The van der Waals surface area contributed by atoms with Crippen molar-refractivity contribution < 1.29 is 18.8 Å². The van der Waals surface area contributed by atoms with E-state index in [0.29, 0.717) is 15.2 Å². The number of likely N-dealkylation sites (N-methyl/N-ethyl adjacent to an activating group) is 1. The molecule has 1 rings (SSSR count). The molecule has 0 fully saturated rings. The first-order valence-electron chi connectivity index (χ1n) is 8.71. The number of esters is 1. The highest BCUT2D eigenvalue weighted by Gasteiger charge is 2.30. The highest BCUT2D eigenvalue weighted by Crippen LogP contribution is 2.27. The van der Waals surface area contributed by atoms with Crippen molar-refractivity contribution in [2.75, 3.05) is 25.0 Å². The van der Waals surface area contributed by atoms with Crippen LogP contribution in [0.4, 0.5) is 5.69 Å². The predicted molar refractivity (Wildman–Crippen MR) is 102 cm³/mol. The smallest absolute Gasteiger partial charge is 0.340 e. The van der Waals surface area contributed by atoms with Gasteiger partial charge in [-0.3, -0.25) is 4.79 Å². The Labute approximate surface area is 155 Å². The summed E-state index contributed by atoms with van der Waals surface area (Å²) in [6.07, 6.45) is 0. The number of amides is 1. The van der Waals surface area contributed by atoms with Crippen LogP contribution < -0.4 is 5.32 Å². The Balaban J connectivity index is 3.21. The summed E-state index contributed by atoms with van der Waals surface area (Å²) in [5.74, 6) is -0.636. The van der Waals surface area contributed by atoms with Crippen LogP contribution in [0.3, 0.4) is 0 Å². The molecule has 25 heavy (non-hydrogen) atoms. The maximum atomic E-state index is 12.9. The molecule has 140 valence electrons. The summed E-state index contributed by atoms with van der Waals surface area (Å²) in [7, 11) is 0. The van der Waals surface area contributed by atoms with Gasteiger partial charge in [0.15, 0.2) is 0 Å². The van der Waals surface area contributed by atoms with E-state index in [1.807, 2.05) is 27.3 Å². The SMILES string of the molecule is C[CH-][N+](CC)(CC)C(C)C(=O)Nc1c(C)cc(Cl)cc1C(=O)OCC. The molecule has 6 heteroatoms. The summed E-state index contributed by atoms with van der Waals surface area (Å²) in [4.78, 5) is 25.1. The number of carbonyl (C=O) groups is 2. The standard InChI is InChI=1S/C19H29ClN2O3/c1-7-22(8-2,9-3)14(6)18(23)21-17-13(5)11-15(20)12-16(17)19(24)25-10-4/h7,11-12,14H,8-10H2,1-6H3,(H,21,23). The number of benzene rings is 1. The lowest BCUT2D eigenvalue weighted by Crippen LogP contribution is -2.56. The number of carbonyl (C=O) groups excluding carboxylic acids is 2. The Morgan fingerprint density at radius 1 is 1.28 bits per heavy atom. The van der Waals surface area contributed by atoms with Gasteiger partial charge in [-0.25, -0.2) is 4.79 Å². The Hall–Kier alpha value is -1.59. The Bertz CT molecular complexity index is 619. The molecule has 1 atom stereocenters. The van der Waals surface area contributed by atoms with E-state index in [4.69, 9.17) is 16.3 Å². The van der Waals surface area contributed by atoms with Crippen molar-refractivity contribution in [2.45, 2.75) is 47.6 Å². The quantitative estimate of drug-likeness (QED) is 0.425. The minimum atomic E-state index is -0.496.